The van der Waals surface area contributed by atoms with Crippen LogP contribution >= 0.6 is 0 Å². The van der Waals surface area contributed by atoms with E-state index in [1.165, 1.54) is 12.1 Å². The van der Waals surface area contributed by atoms with Crippen LogP contribution in [0.15, 0.2) is 23.4 Å². The molecule has 0 radical (unpaired) electrons. The molecule has 2 rings (SSSR count). The first-order chi connectivity index (χ1) is 7.27. The first kappa shape index (κ1) is 10.1. The predicted octanol–water partition coefficient (Wildman–Crippen LogP) is 2.88. The maximum Gasteiger partial charge on any atom is 0.165 e. The van der Waals surface area contributed by atoms with Crippen LogP contribution < -0.4 is 0 Å². The van der Waals surface area contributed by atoms with E-state index < -0.39 is 11.6 Å². The van der Waals surface area contributed by atoms with E-state index in [0.717, 1.165) is 18.9 Å². The van der Waals surface area contributed by atoms with Crippen molar-refractivity contribution in [2.75, 3.05) is 0 Å². The van der Waals surface area contributed by atoms with Crippen LogP contribution in [0.5, 0.6) is 0 Å². The van der Waals surface area contributed by atoms with Crippen molar-refractivity contribution in [3.05, 3.63) is 35.4 Å². The van der Waals surface area contributed by atoms with Crippen LogP contribution in [0.4, 0.5) is 8.78 Å². The lowest BCUT2D eigenvalue weighted by Crippen LogP contribution is -1.95. The minimum absolute atomic E-state index is 0.0349. The fourth-order valence-electron chi connectivity index (χ4n) is 1.14. The van der Waals surface area contributed by atoms with Crippen LogP contribution in [-0.2, 0) is 11.4 Å². The lowest BCUT2D eigenvalue weighted by Gasteiger charge is -2.01. The number of halogens is 2. The molecule has 0 N–H and O–H groups in total. The third kappa shape index (κ3) is 2.75. The van der Waals surface area contributed by atoms with Gasteiger partial charge in [0.1, 0.15) is 6.61 Å². The van der Waals surface area contributed by atoms with Gasteiger partial charge in [-0.3, -0.25) is 0 Å². The lowest BCUT2D eigenvalue weighted by molar-refractivity contribution is 0.128. The Morgan fingerprint density at radius 1 is 1.40 bits per heavy atom. The van der Waals surface area contributed by atoms with Crippen molar-refractivity contribution >= 4 is 6.21 Å². The monoisotopic (exact) mass is 211 g/mol. The third-order valence-electron chi connectivity index (χ3n) is 2.22. The zero-order chi connectivity index (χ0) is 10.7. The Morgan fingerprint density at radius 3 is 2.93 bits per heavy atom. The summed E-state index contributed by atoms with van der Waals surface area (Å²) in [6.45, 7) is -0.0349. The molecule has 1 saturated carbocycles. The minimum Gasteiger partial charge on any atom is -0.391 e. The topological polar surface area (TPSA) is 21.6 Å². The summed E-state index contributed by atoms with van der Waals surface area (Å²) in [5, 5.41) is 3.69. The van der Waals surface area contributed by atoms with Crippen molar-refractivity contribution in [2.45, 2.75) is 19.4 Å². The van der Waals surface area contributed by atoms with Gasteiger partial charge in [0.15, 0.2) is 11.6 Å². The molecule has 2 nitrogen and oxygen atoms in total. The molecule has 0 spiro atoms. The fourth-order valence-corrected chi connectivity index (χ4v) is 1.14. The van der Waals surface area contributed by atoms with Gasteiger partial charge in [-0.25, -0.2) is 8.78 Å². The minimum atomic E-state index is -0.862. The highest BCUT2D eigenvalue weighted by atomic mass is 19.2. The van der Waals surface area contributed by atoms with Gasteiger partial charge in [0.2, 0.25) is 0 Å². The summed E-state index contributed by atoms with van der Waals surface area (Å²) in [7, 11) is 0. The molecule has 0 amide bonds. The first-order valence-corrected chi connectivity index (χ1v) is 4.85. The number of benzene rings is 1. The standard InChI is InChI=1S/C11H11F2NO/c12-10-3-1-2-9(11(10)13)7-15-14-6-8-4-5-8/h1-3,6,8H,4-5,7H2. The fraction of sp³-hybridized carbons (Fsp3) is 0.364. The molecule has 0 bridgehead atoms. The average Bonchev–Trinajstić information content (AvgIpc) is 3.02. The van der Waals surface area contributed by atoms with E-state index in [-0.39, 0.29) is 12.2 Å². The number of nitrogens with zero attached hydrogens (tertiary/aromatic N) is 1. The average molecular weight is 211 g/mol. The van der Waals surface area contributed by atoms with Crippen LogP contribution in [-0.4, -0.2) is 6.21 Å². The molecule has 15 heavy (non-hydrogen) atoms. The number of hydrogen-bond acceptors (Lipinski definition) is 2. The number of hydrogen-bond donors (Lipinski definition) is 0. The van der Waals surface area contributed by atoms with Gasteiger partial charge in [-0.2, -0.15) is 0 Å². The summed E-state index contributed by atoms with van der Waals surface area (Å²) in [4.78, 5) is 4.87. The maximum absolute atomic E-state index is 13.1. The Balaban J connectivity index is 1.89. The molecule has 0 aliphatic heterocycles. The normalized spacial score (nSPS) is 15.9. The molecule has 0 heterocycles. The summed E-state index contributed by atoms with van der Waals surface area (Å²) < 4.78 is 25.9. The Kier molecular flexibility index (Phi) is 2.94. The smallest absolute Gasteiger partial charge is 0.165 e. The quantitative estimate of drug-likeness (QED) is 0.554. The van der Waals surface area contributed by atoms with Crippen molar-refractivity contribution < 1.29 is 13.6 Å². The maximum atomic E-state index is 13.1. The Bertz CT molecular complexity index is 375. The van der Waals surface area contributed by atoms with Gasteiger partial charge in [0.25, 0.3) is 0 Å². The van der Waals surface area contributed by atoms with Gasteiger partial charge in [0, 0.05) is 11.8 Å². The van der Waals surface area contributed by atoms with E-state index in [0.29, 0.717) is 5.92 Å². The molecule has 1 aliphatic carbocycles. The Hall–Kier alpha value is -1.45. The van der Waals surface area contributed by atoms with Crippen LogP contribution in [0.2, 0.25) is 0 Å². The van der Waals surface area contributed by atoms with E-state index in [1.54, 1.807) is 6.21 Å². The van der Waals surface area contributed by atoms with Crippen LogP contribution in [0.1, 0.15) is 18.4 Å². The number of oxime groups is 1. The van der Waals surface area contributed by atoms with Crippen LogP contribution in [0.25, 0.3) is 0 Å². The van der Waals surface area contributed by atoms with E-state index in [1.807, 2.05) is 0 Å². The summed E-state index contributed by atoms with van der Waals surface area (Å²) in [5.74, 6) is -1.20. The second-order valence-electron chi connectivity index (χ2n) is 3.58. The van der Waals surface area contributed by atoms with Crippen LogP contribution in [0, 0.1) is 17.6 Å². The molecule has 0 unspecified atom stereocenters. The van der Waals surface area contributed by atoms with Crippen molar-refractivity contribution in [1.82, 2.24) is 0 Å². The molecule has 80 valence electrons. The van der Waals surface area contributed by atoms with Gasteiger partial charge in [-0.1, -0.05) is 17.3 Å². The highest BCUT2D eigenvalue weighted by Crippen LogP contribution is 2.26. The van der Waals surface area contributed by atoms with Gasteiger partial charge < -0.3 is 4.84 Å². The summed E-state index contributed by atoms with van der Waals surface area (Å²) in [6.07, 6.45) is 3.99. The summed E-state index contributed by atoms with van der Waals surface area (Å²) in [6, 6.07) is 4.00. The predicted molar refractivity (Wildman–Crippen MR) is 52.4 cm³/mol. The van der Waals surface area contributed by atoms with Crippen molar-refractivity contribution in [3.8, 4) is 0 Å². The van der Waals surface area contributed by atoms with Crippen molar-refractivity contribution in [1.29, 1.82) is 0 Å². The Morgan fingerprint density at radius 2 is 2.20 bits per heavy atom. The van der Waals surface area contributed by atoms with Crippen LogP contribution in [0.3, 0.4) is 0 Å². The van der Waals surface area contributed by atoms with Crippen molar-refractivity contribution in [2.24, 2.45) is 11.1 Å². The molecule has 1 aliphatic rings. The highest BCUT2D eigenvalue weighted by molar-refractivity contribution is 5.62. The molecular formula is C11H11F2NO. The molecule has 0 saturated heterocycles. The summed E-state index contributed by atoms with van der Waals surface area (Å²) >= 11 is 0. The molecule has 0 atom stereocenters. The Labute approximate surface area is 86.5 Å². The second-order valence-corrected chi connectivity index (χ2v) is 3.58. The molecule has 4 heteroatoms. The van der Waals surface area contributed by atoms with E-state index in [2.05, 4.69) is 5.16 Å². The molecule has 0 aromatic heterocycles. The zero-order valence-electron chi connectivity index (χ0n) is 8.12. The van der Waals surface area contributed by atoms with E-state index in [9.17, 15) is 8.78 Å². The highest BCUT2D eigenvalue weighted by Gasteiger charge is 2.18. The van der Waals surface area contributed by atoms with E-state index >= 15 is 0 Å². The second kappa shape index (κ2) is 4.38. The molecular weight excluding hydrogens is 200 g/mol. The summed E-state index contributed by atoms with van der Waals surface area (Å²) in [5.41, 5.74) is 0.183. The molecule has 1 aromatic carbocycles. The molecule has 1 fully saturated rings. The first-order valence-electron chi connectivity index (χ1n) is 4.85. The van der Waals surface area contributed by atoms with Gasteiger partial charge in [-0.05, 0) is 24.8 Å². The SMILES string of the molecule is Fc1cccc(CON=CC2CC2)c1F. The zero-order valence-corrected chi connectivity index (χ0v) is 8.12. The van der Waals surface area contributed by atoms with Gasteiger partial charge in [-0.15, -0.1) is 0 Å². The van der Waals surface area contributed by atoms with Gasteiger partial charge in [0.05, 0.1) is 0 Å². The van der Waals surface area contributed by atoms with E-state index in [4.69, 9.17) is 4.84 Å². The molecule has 1 aromatic rings. The number of rotatable bonds is 4. The van der Waals surface area contributed by atoms with Crippen molar-refractivity contribution in [3.63, 3.8) is 0 Å². The van der Waals surface area contributed by atoms with Gasteiger partial charge >= 0.3 is 0 Å². The lowest BCUT2D eigenvalue weighted by atomic mass is 10.2. The third-order valence-corrected chi connectivity index (χ3v) is 2.22. The largest absolute Gasteiger partial charge is 0.391 e.